The minimum Gasteiger partial charge on any atom is -0.452 e. The maximum absolute atomic E-state index is 13.7. The average molecular weight is 446 g/mol. The van der Waals surface area contributed by atoms with Crippen LogP contribution in [0.15, 0.2) is 36.7 Å². The summed E-state index contributed by atoms with van der Waals surface area (Å²) in [5.74, 6) is -1.65. The lowest BCUT2D eigenvalue weighted by Gasteiger charge is -2.09. The average Bonchev–Trinajstić information content (AvgIpc) is 2.76. The molecule has 0 saturated carbocycles. The van der Waals surface area contributed by atoms with Gasteiger partial charge in [0.1, 0.15) is 16.5 Å². The van der Waals surface area contributed by atoms with Crippen LogP contribution < -0.4 is 10.5 Å². The first-order valence-electron chi connectivity index (χ1n) is 5.40. The molecule has 0 fully saturated rings. The van der Waals surface area contributed by atoms with Crippen molar-refractivity contribution in [1.82, 2.24) is 0 Å². The molecular formula is C11H8Br2F2N2O3S. The van der Waals surface area contributed by atoms with E-state index >= 15 is 0 Å². The van der Waals surface area contributed by atoms with Gasteiger partial charge in [0, 0.05) is 16.6 Å². The zero-order chi connectivity index (χ0) is 15.8. The summed E-state index contributed by atoms with van der Waals surface area (Å²) in [6.07, 6.45) is 0. The summed E-state index contributed by atoms with van der Waals surface area (Å²) < 4.78 is 58.1. The predicted octanol–water partition coefficient (Wildman–Crippen LogP) is 3.34. The Hall–Kier alpha value is -0.970. The number of halogens is 4. The normalized spacial score (nSPS) is 11.7. The second-order valence-corrected chi connectivity index (χ2v) is 7.13. The van der Waals surface area contributed by atoms with Gasteiger partial charge in [-0.3, -0.25) is 4.72 Å². The Labute approximate surface area is 135 Å². The highest BCUT2D eigenvalue weighted by molar-refractivity contribution is 9.10. The molecule has 1 aromatic heterocycles. The fraction of sp³-hybridized carbons (Fsp3) is 0.0909. The van der Waals surface area contributed by atoms with Crippen molar-refractivity contribution in [3.63, 3.8) is 0 Å². The van der Waals surface area contributed by atoms with E-state index in [9.17, 15) is 17.2 Å². The molecule has 0 radical (unpaired) electrons. The van der Waals surface area contributed by atoms with Crippen molar-refractivity contribution in [3.05, 3.63) is 44.7 Å². The van der Waals surface area contributed by atoms with Crippen molar-refractivity contribution >= 4 is 47.6 Å². The van der Waals surface area contributed by atoms with Crippen molar-refractivity contribution in [3.8, 4) is 0 Å². The Kier molecular flexibility index (Phi) is 4.71. The largest absolute Gasteiger partial charge is 0.452 e. The molecule has 0 atom stereocenters. The molecule has 0 saturated heterocycles. The van der Waals surface area contributed by atoms with E-state index < -0.39 is 27.3 Å². The summed E-state index contributed by atoms with van der Waals surface area (Å²) in [7, 11) is -4.13. The third kappa shape index (κ3) is 3.44. The molecule has 21 heavy (non-hydrogen) atoms. The molecule has 0 bridgehead atoms. The quantitative estimate of drug-likeness (QED) is 0.755. The molecule has 10 heteroatoms. The number of rotatable bonds is 4. The molecule has 0 unspecified atom stereocenters. The number of hydrogen-bond acceptors (Lipinski definition) is 4. The van der Waals surface area contributed by atoms with E-state index in [4.69, 9.17) is 10.2 Å². The second-order valence-electron chi connectivity index (χ2n) is 3.90. The molecule has 0 aliphatic carbocycles. The van der Waals surface area contributed by atoms with Gasteiger partial charge in [0.05, 0.1) is 12.2 Å². The first-order chi connectivity index (χ1) is 9.74. The summed E-state index contributed by atoms with van der Waals surface area (Å²) in [6.45, 7) is 0.00270. The SMILES string of the molecule is NCc1cc(S(=O)(=O)Nc2c(F)cc(F)cc2Br)c(Br)o1. The summed E-state index contributed by atoms with van der Waals surface area (Å²) >= 11 is 5.85. The van der Waals surface area contributed by atoms with E-state index in [0.717, 1.165) is 6.07 Å². The third-order valence-corrected chi connectivity index (χ3v) is 5.27. The minimum atomic E-state index is -4.13. The third-order valence-electron chi connectivity index (χ3n) is 2.44. The number of anilines is 1. The molecule has 0 aliphatic rings. The van der Waals surface area contributed by atoms with Crippen molar-refractivity contribution in [2.45, 2.75) is 11.4 Å². The molecule has 3 N–H and O–H groups in total. The zero-order valence-corrected chi connectivity index (χ0v) is 14.1. The van der Waals surface area contributed by atoms with Gasteiger partial charge >= 0.3 is 0 Å². The summed E-state index contributed by atoms with van der Waals surface area (Å²) in [5, 5.41) is 0. The Morgan fingerprint density at radius 1 is 1.24 bits per heavy atom. The van der Waals surface area contributed by atoms with E-state index in [1.807, 2.05) is 4.72 Å². The Morgan fingerprint density at radius 2 is 1.90 bits per heavy atom. The van der Waals surface area contributed by atoms with Crippen LogP contribution in [0.4, 0.5) is 14.5 Å². The lowest BCUT2D eigenvalue weighted by atomic mass is 10.3. The first kappa shape index (κ1) is 16.4. The number of hydrogen-bond donors (Lipinski definition) is 2. The van der Waals surface area contributed by atoms with Crippen LogP contribution in [0.25, 0.3) is 0 Å². The van der Waals surface area contributed by atoms with E-state index in [0.29, 0.717) is 6.07 Å². The molecule has 0 spiro atoms. The fourth-order valence-electron chi connectivity index (χ4n) is 1.51. The Balaban J connectivity index is 2.44. The van der Waals surface area contributed by atoms with Gasteiger partial charge in [-0.05, 0) is 37.9 Å². The lowest BCUT2D eigenvalue weighted by Crippen LogP contribution is -2.14. The van der Waals surface area contributed by atoms with Crippen LogP contribution in [-0.4, -0.2) is 8.42 Å². The fourth-order valence-corrected chi connectivity index (χ4v) is 4.24. The van der Waals surface area contributed by atoms with E-state index in [-0.39, 0.29) is 26.3 Å². The van der Waals surface area contributed by atoms with Crippen LogP contribution in [0.3, 0.4) is 0 Å². The number of furan rings is 1. The molecule has 2 aromatic rings. The lowest BCUT2D eigenvalue weighted by molar-refractivity contribution is 0.484. The van der Waals surface area contributed by atoms with Crippen molar-refractivity contribution < 1.29 is 21.6 Å². The van der Waals surface area contributed by atoms with Crippen LogP contribution in [0.2, 0.25) is 0 Å². The van der Waals surface area contributed by atoms with Gasteiger partial charge in [-0.2, -0.15) is 0 Å². The van der Waals surface area contributed by atoms with Gasteiger partial charge < -0.3 is 10.2 Å². The molecule has 2 rings (SSSR count). The highest BCUT2D eigenvalue weighted by Gasteiger charge is 2.24. The second kappa shape index (κ2) is 6.03. The highest BCUT2D eigenvalue weighted by Crippen LogP contribution is 2.32. The van der Waals surface area contributed by atoms with E-state index in [1.165, 1.54) is 6.07 Å². The number of sulfonamides is 1. The maximum atomic E-state index is 13.7. The zero-order valence-electron chi connectivity index (χ0n) is 10.2. The van der Waals surface area contributed by atoms with Crippen molar-refractivity contribution in [1.29, 1.82) is 0 Å². The molecule has 1 heterocycles. The van der Waals surface area contributed by atoms with Gasteiger partial charge in [0.25, 0.3) is 10.0 Å². The van der Waals surface area contributed by atoms with E-state index in [2.05, 4.69) is 31.9 Å². The van der Waals surface area contributed by atoms with Crippen molar-refractivity contribution in [2.24, 2.45) is 5.73 Å². The highest BCUT2D eigenvalue weighted by atomic mass is 79.9. The van der Waals surface area contributed by atoms with Gasteiger partial charge in [-0.25, -0.2) is 17.2 Å². The maximum Gasteiger partial charge on any atom is 0.266 e. The van der Waals surface area contributed by atoms with Crippen LogP contribution in [-0.2, 0) is 16.6 Å². The van der Waals surface area contributed by atoms with E-state index in [1.54, 1.807) is 0 Å². The van der Waals surface area contributed by atoms with Crippen LogP contribution in [0, 0.1) is 11.6 Å². The monoisotopic (exact) mass is 444 g/mol. The summed E-state index contributed by atoms with van der Waals surface area (Å²) in [5.41, 5.74) is 4.95. The Morgan fingerprint density at radius 3 is 2.43 bits per heavy atom. The number of nitrogens with two attached hydrogens (primary N) is 1. The summed E-state index contributed by atoms with van der Waals surface area (Å²) in [4.78, 5) is -0.237. The van der Waals surface area contributed by atoms with Gasteiger partial charge in [0.15, 0.2) is 10.5 Å². The predicted molar refractivity (Wildman–Crippen MR) is 79.2 cm³/mol. The molecule has 1 aromatic carbocycles. The van der Waals surface area contributed by atoms with Gasteiger partial charge in [-0.15, -0.1) is 0 Å². The van der Waals surface area contributed by atoms with Gasteiger partial charge in [-0.1, -0.05) is 0 Å². The van der Waals surface area contributed by atoms with Gasteiger partial charge in [0.2, 0.25) is 0 Å². The van der Waals surface area contributed by atoms with Crippen LogP contribution >= 0.6 is 31.9 Å². The standard InChI is InChI=1S/C11H8Br2F2N2O3S/c12-7-1-5(14)2-8(15)10(7)17-21(18,19)9-3-6(4-16)20-11(9)13/h1-3,17H,4,16H2. The smallest absolute Gasteiger partial charge is 0.266 e. The number of nitrogens with one attached hydrogen (secondary N) is 1. The number of benzene rings is 1. The minimum absolute atomic E-state index is 0.00270. The van der Waals surface area contributed by atoms with Crippen molar-refractivity contribution in [2.75, 3.05) is 4.72 Å². The van der Waals surface area contributed by atoms with Crippen LogP contribution in [0.1, 0.15) is 5.76 Å². The van der Waals surface area contributed by atoms with Crippen LogP contribution in [0.5, 0.6) is 0 Å². The summed E-state index contributed by atoms with van der Waals surface area (Å²) in [6, 6.07) is 2.72. The molecular weight excluding hydrogens is 438 g/mol. The molecule has 5 nitrogen and oxygen atoms in total. The Bertz CT molecular complexity index is 770. The topological polar surface area (TPSA) is 85.3 Å². The molecule has 114 valence electrons. The molecule has 0 aliphatic heterocycles. The molecule has 0 amide bonds. The first-order valence-corrected chi connectivity index (χ1v) is 8.47.